The van der Waals surface area contributed by atoms with E-state index in [0.29, 0.717) is 5.56 Å². The molecule has 1 aromatic heterocycles. The Morgan fingerprint density at radius 3 is 3.00 bits per heavy atom. The van der Waals surface area contributed by atoms with Crippen LogP contribution in [0.3, 0.4) is 0 Å². The summed E-state index contributed by atoms with van der Waals surface area (Å²) in [6.45, 7) is 2.67. The van der Waals surface area contributed by atoms with Gasteiger partial charge in [-0.1, -0.05) is 23.4 Å². The van der Waals surface area contributed by atoms with Crippen LogP contribution in [-0.4, -0.2) is 20.6 Å². The molecule has 2 rings (SSSR count). The Morgan fingerprint density at radius 2 is 2.35 bits per heavy atom. The lowest BCUT2D eigenvalue weighted by atomic mass is 10.1. The molecule has 0 fully saturated rings. The highest BCUT2D eigenvalue weighted by Crippen LogP contribution is 2.08. The van der Waals surface area contributed by atoms with Crippen LogP contribution >= 0.6 is 0 Å². The van der Waals surface area contributed by atoms with E-state index in [1.54, 1.807) is 12.3 Å². The van der Waals surface area contributed by atoms with Gasteiger partial charge in [-0.3, -0.25) is 0 Å². The second-order valence-corrected chi connectivity index (χ2v) is 3.79. The van der Waals surface area contributed by atoms with E-state index in [9.17, 15) is 0 Å². The second-order valence-electron chi connectivity index (χ2n) is 3.79. The first-order chi connectivity index (χ1) is 8.20. The van der Waals surface area contributed by atoms with Gasteiger partial charge in [0.15, 0.2) is 5.84 Å². The number of benzene rings is 1. The maximum Gasteiger partial charge on any atom is 0.170 e. The molecule has 0 aliphatic heterocycles. The first kappa shape index (κ1) is 11.2. The third kappa shape index (κ3) is 2.44. The number of hydrogen-bond donors (Lipinski definition) is 2. The van der Waals surface area contributed by atoms with E-state index in [-0.39, 0.29) is 5.84 Å². The van der Waals surface area contributed by atoms with Crippen LogP contribution in [0.2, 0.25) is 0 Å². The number of hydrogen-bond acceptors (Lipinski definition) is 3. The molecule has 0 aliphatic rings. The van der Waals surface area contributed by atoms with Crippen LogP contribution in [0.1, 0.15) is 17.0 Å². The van der Waals surface area contributed by atoms with Gasteiger partial charge in [-0.25, -0.2) is 4.98 Å². The molecule has 2 aromatic rings. The van der Waals surface area contributed by atoms with Crippen LogP contribution in [0.25, 0.3) is 0 Å². The maximum absolute atomic E-state index is 8.63. The fourth-order valence-electron chi connectivity index (χ4n) is 1.65. The Kier molecular flexibility index (Phi) is 3.09. The van der Waals surface area contributed by atoms with Crippen LogP contribution < -0.4 is 5.73 Å². The highest BCUT2D eigenvalue weighted by molar-refractivity contribution is 5.97. The molecule has 5 heteroatoms. The van der Waals surface area contributed by atoms with Crippen molar-refractivity contribution in [1.82, 2.24) is 9.55 Å². The third-order valence-electron chi connectivity index (χ3n) is 2.61. The molecule has 88 valence electrons. The molecule has 3 N–H and O–H groups in total. The molecular weight excluding hydrogens is 216 g/mol. The molecule has 5 nitrogen and oxygen atoms in total. The summed E-state index contributed by atoms with van der Waals surface area (Å²) in [7, 11) is 0. The molecule has 17 heavy (non-hydrogen) atoms. The van der Waals surface area contributed by atoms with Gasteiger partial charge in [0.1, 0.15) is 5.82 Å². The van der Waals surface area contributed by atoms with E-state index in [0.717, 1.165) is 17.9 Å². The summed E-state index contributed by atoms with van der Waals surface area (Å²) in [5.41, 5.74) is 7.34. The quantitative estimate of drug-likeness (QED) is 0.361. The van der Waals surface area contributed by atoms with E-state index in [4.69, 9.17) is 10.9 Å². The number of nitrogens with zero attached hydrogens (tertiary/aromatic N) is 3. The number of amidine groups is 1. The fraction of sp³-hybridized carbons (Fsp3) is 0.167. The molecule has 1 heterocycles. The van der Waals surface area contributed by atoms with Crippen LogP contribution in [0, 0.1) is 6.92 Å². The van der Waals surface area contributed by atoms with Crippen molar-refractivity contribution in [2.45, 2.75) is 13.5 Å². The van der Waals surface area contributed by atoms with Crippen molar-refractivity contribution in [3.8, 4) is 0 Å². The van der Waals surface area contributed by atoms with Gasteiger partial charge in [-0.2, -0.15) is 0 Å². The lowest BCUT2D eigenvalue weighted by Crippen LogP contribution is -2.13. The minimum Gasteiger partial charge on any atom is -0.409 e. The smallest absolute Gasteiger partial charge is 0.170 e. The molecule has 0 radical (unpaired) electrons. The van der Waals surface area contributed by atoms with Gasteiger partial charge in [-0.15, -0.1) is 0 Å². The van der Waals surface area contributed by atoms with Crippen molar-refractivity contribution in [3.63, 3.8) is 0 Å². The van der Waals surface area contributed by atoms with Gasteiger partial charge >= 0.3 is 0 Å². The third-order valence-corrected chi connectivity index (χ3v) is 2.61. The molecule has 0 saturated heterocycles. The van der Waals surface area contributed by atoms with Gasteiger partial charge in [0.25, 0.3) is 0 Å². The van der Waals surface area contributed by atoms with Crippen LogP contribution in [-0.2, 0) is 6.54 Å². The van der Waals surface area contributed by atoms with Crippen molar-refractivity contribution in [1.29, 1.82) is 0 Å². The Morgan fingerprint density at radius 1 is 1.53 bits per heavy atom. The lowest BCUT2D eigenvalue weighted by Gasteiger charge is -2.06. The van der Waals surface area contributed by atoms with Gasteiger partial charge in [-0.05, 0) is 18.6 Å². The summed E-state index contributed by atoms with van der Waals surface area (Å²) >= 11 is 0. The van der Waals surface area contributed by atoms with Gasteiger partial charge in [0.2, 0.25) is 0 Å². The van der Waals surface area contributed by atoms with E-state index in [2.05, 4.69) is 10.1 Å². The van der Waals surface area contributed by atoms with Crippen molar-refractivity contribution >= 4 is 5.84 Å². The number of aromatic nitrogens is 2. The van der Waals surface area contributed by atoms with Crippen molar-refractivity contribution in [2.24, 2.45) is 10.9 Å². The number of imidazole rings is 1. The Hall–Kier alpha value is -2.30. The minimum absolute atomic E-state index is 0.120. The first-order valence-corrected chi connectivity index (χ1v) is 5.25. The summed E-state index contributed by atoms with van der Waals surface area (Å²) in [4.78, 5) is 4.16. The zero-order valence-electron chi connectivity index (χ0n) is 9.54. The van der Waals surface area contributed by atoms with E-state index in [1.807, 2.05) is 35.9 Å². The number of rotatable bonds is 3. The Labute approximate surface area is 99.2 Å². The summed E-state index contributed by atoms with van der Waals surface area (Å²) in [5.74, 6) is 1.08. The molecule has 0 unspecified atom stereocenters. The van der Waals surface area contributed by atoms with Crippen molar-refractivity contribution in [3.05, 3.63) is 53.6 Å². The zero-order chi connectivity index (χ0) is 12.3. The van der Waals surface area contributed by atoms with Crippen molar-refractivity contribution in [2.75, 3.05) is 0 Å². The summed E-state index contributed by atoms with van der Waals surface area (Å²) < 4.78 is 2.03. The number of oxime groups is 1. The standard InChI is InChI=1S/C12H14N4O/c1-9-14-5-6-16(9)8-10-3-2-4-11(7-10)12(13)15-17/h2-7,17H,8H2,1H3,(H2,13,15). The minimum atomic E-state index is 0.120. The molecule has 0 amide bonds. The average molecular weight is 230 g/mol. The van der Waals surface area contributed by atoms with E-state index in [1.165, 1.54) is 0 Å². The largest absolute Gasteiger partial charge is 0.409 e. The molecule has 0 bridgehead atoms. The van der Waals surface area contributed by atoms with Crippen LogP contribution in [0.4, 0.5) is 0 Å². The Balaban J connectivity index is 2.26. The SMILES string of the molecule is Cc1nccn1Cc1cccc(/C(N)=N/O)c1. The normalized spacial score (nSPS) is 11.7. The second kappa shape index (κ2) is 4.69. The molecule has 1 aromatic carbocycles. The molecular formula is C12H14N4O. The van der Waals surface area contributed by atoms with Gasteiger partial charge < -0.3 is 15.5 Å². The van der Waals surface area contributed by atoms with E-state index >= 15 is 0 Å². The summed E-state index contributed by atoms with van der Waals surface area (Å²) in [5, 5.41) is 11.6. The summed E-state index contributed by atoms with van der Waals surface area (Å²) in [6.07, 6.45) is 3.69. The fourth-order valence-corrected chi connectivity index (χ4v) is 1.65. The molecule has 0 aliphatic carbocycles. The maximum atomic E-state index is 8.63. The highest BCUT2D eigenvalue weighted by Gasteiger charge is 2.02. The molecule has 0 atom stereocenters. The lowest BCUT2D eigenvalue weighted by molar-refractivity contribution is 0.318. The first-order valence-electron chi connectivity index (χ1n) is 5.25. The van der Waals surface area contributed by atoms with Gasteiger partial charge in [0, 0.05) is 24.5 Å². The predicted molar refractivity (Wildman–Crippen MR) is 65.0 cm³/mol. The number of nitrogens with two attached hydrogens (primary N) is 1. The predicted octanol–water partition coefficient (Wildman–Crippen LogP) is 1.33. The van der Waals surface area contributed by atoms with Crippen LogP contribution in [0.5, 0.6) is 0 Å². The monoisotopic (exact) mass is 230 g/mol. The topological polar surface area (TPSA) is 76.4 Å². The van der Waals surface area contributed by atoms with Gasteiger partial charge in [0.05, 0.1) is 0 Å². The van der Waals surface area contributed by atoms with Crippen molar-refractivity contribution < 1.29 is 5.21 Å². The van der Waals surface area contributed by atoms with E-state index < -0.39 is 0 Å². The highest BCUT2D eigenvalue weighted by atomic mass is 16.4. The zero-order valence-corrected chi connectivity index (χ0v) is 9.54. The number of aryl methyl sites for hydroxylation is 1. The molecule has 0 spiro atoms. The van der Waals surface area contributed by atoms with Crippen LogP contribution in [0.15, 0.2) is 41.8 Å². The average Bonchev–Trinajstić information content (AvgIpc) is 2.74. The summed E-state index contributed by atoms with van der Waals surface area (Å²) in [6, 6.07) is 7.58. The molecule has 0 saturated carbocycles. The Bertz CT molecular complexity index is 545.